The van der Waals surface area contributed by atoms with Crippen LogP contribution in [-0.4, -0.2) is 21.6 Å². The number of ketones is 1. The molecule has 0 saturated heterocycles. The first-order valence-corrected chi connectivity index (χ1v) is 12.7. The maximum Gasteiger partial charge on any atom is 0.324 e. The number of fused-ring (bicyclic) bond motifs is 1. The average Bonchev–Trinajstić information content (AvgIpc) is 3.29. The summed E-state index contributed by atoms with van der Waals surface area (Å²) in [6, 6.07) is 21.5. The van der Waals surface area contributed by atoms with Gasteiger partial charge in [-0.2, -0.15) is 5.10 Å². The van der Waals surface area contributed by atoms with Gasteiger partial charge >= 0.3 is 6.03 Å². The lowest BCUT2D eigenvalue weighted by Gasteiger charge is -2.17. The number of urea groups is 1. The summed E-state index contributed by atoms with van der Waals surface area (Å²) in [5.41, 5.74) is 5.54. The third-order valence-electron chi connectivity index (χ3n) is 6.72. The maximum absolute atomic E-state index is 13.2. The van der Waals surface area contributed by atoms with Crippen LogP contribution in [0.15, 0.2) is 72.8 Å². The number of nitrogens with zero attached hydrogens (tertiary/aromatic N) is 2. The Kier molecular flexibility index (Phi) is 6.42. The number of nitrogens with one attached hydrogen (secondary N) is 2. The van der Waals surface area contributed by atoms with Gasteiger partial charge in [0.25, 0.3) is 0 Å². The van der Waals surface area contributed by atoms with E-state index in [0.717, 1.165) is 51.7 Å². The van der Waals surface area contributed by atoms with Crippen molar-refractivity contribution in [1.29, 1.82) is 0 Å². The molecule has 0 fully saturated rings. The number of amides is 2. The van der Waals surface area contributed by atoms with Crippen LogP contribution in [0, 0.1) is 6.92 Å². The molecule has 1 aliphatic rings. The van der Waals surface area contributed by atoms with Crippen LogP contribution in [0.3, 0.4) is 0 Å². The zero-order chi connectivity index (χ0) is 26.2. The lowest BCUT2D eigenvalue weighted by atomic mass is 9.89. The first-order valence-electron chi connectivity index (χ1n) is 12.7. The molecule has 0 radical (unpaired) electrons. The molecule has 1 aliphatic carbocycles. The van der Waals surface area contributed by atoms with E-state index in [9.17, 15) is 9.59 Å². The van der Waals surface area contributed by atoms with Crippen LogP contribution in [0.4, 0.5) is 16.3 Å². The van der Waals surface area contributed by atoms with Gasteiger partial charge in [-0.1, -0.05) is 68.8 Å². The van der Waals surface area contributed by atoms with Crippen molar-refractivity contribution in [2.75, 3.05) is 10.6 Å². The number of aryl methyl sites for hydroxylation is 1. The molecular formula is C31H32N4O2. The van der Waals surface area contributed by atoms with E-state index in [4.69, 9.17) is 5.10 Å². The first kappa shape index (κ1) is 24.5. The van der Waals surface area contributed by atoms with Crippen LogP contribution in [0.2, 0.25) is 0 Å². The molecule has 0 unspecified atom stereocenters. The molecular weight excluding hydrogens is 460 g/mol. The molecule has 6 heteroatoms. The maximum atomic E-state index is 13.2. The van der Waals surface area contributed by atoms with E-state index < -0.39 is 0 Å². The number of hydrogen-bond donors (Lipinski definition) is 2. The van der Waals surface area contributed by atoms with Crippen LogP contribution in [0.1, 0.15) is 56.9 Å². The molecule has 1 heterocycles. The van der Waals surface area contributed by atoms with Crippen LogP contribution in [0.5, 0.6) is 0 Å². The van der Waals surface area contributed by atoms with E-state index in [1.54, 1.807) is 10.8 Å². The van der Waals surface area contributed by atoms with Gasteiger partial charge in [-0.25, -0.2) is 9.48 Å². The van der Waals surface area contributed by atoms with Gasteiger partial charge in [0.1, 0.15) is 5.82 Å². The molecule has 6 nitrogen and oxygen atoms in total. The highest BCUT2D eigenvalue weighted by Gasteiger charge is 2.22. The molecule has 2 amide bonds. The summed E-state index contributed by atoms with van der Waals surface area (Å²) in [6.07, 6.45) is 4.12. The predicted molar refractivity (Wildman–Crippen MR) is 150 cm³/mol. The molecule has 0 saturated carbocycles. The summed E-state index contributed by atoms with van der Waals surface area (Å²) in [6.45, 7) is 8.34. The molecule has 1 aromatic heterocycles. The highest BCUT2D eigenvalue weighted by Crippen LogP contribution is 2.34. The number of allylic oxidation sites excluding steroid dienone is 2. The van der Waals surface area contributed by atoms with Crippen molar-refractivity contribution in [2.24, 2.45) is 0 Å². The van der Waals surface area contributed by atoms with Gasteiger partial charge < -0.3 is 5.32 Å². The third-order valence-corrected chi connectivity index (χ3v) is 6.72. The molecule has 0 spiro atoms. The van der Waals surface area contributed by atoms with Crippen LogP contribution >= 0.6 is 0 Å². The van der Waals surface area contributed by atoms with Crippen molar-refractivity contribution in [1.82, 2.24) is 9.78 Å². The topological polar surface area (TPSA) is 76.0 Å². The molecule has 3 aromatic carbocycles. The van der Waals surface area contributed by atoms with Gasteiger partial charge in [0.15, 0.2) is 5.78 Å². The first-order chi connectivity index (χ1) is 17.7. The Hall–Kier alpha value is -4.19. The van der Waals surface area contributed by atoms with Gasteiger partial charge in [-0.3, -0.25) is 10.1 Å². The Morgan fingerprint density at radius 2 is 1.65 bits per heavy atom. The second-order valence-corrected chi connectivity index (χ2v) is 10.7. The van der Waals surface area contributed by atoms with Gasteiger partial charge in [0, 0.05) is 23.3 Å². The molecule has 0 atom stereocenters. The molecule has 5 rings (SSSR count). The van der Waals surface area contributed by atoms with Crippen molar-refractivity contribution in [3.05, 3.63) is 89.6 Å². The summed E-state index contributed by atoms with van der Waals surface area (Å²) < 4.78 is 1.77. The van der Waals surface area contributed by atoms with Crippen molar-refractivity contribution < 1.29 is 9.59 Å². The normalized spacial score (nSPS) is 13.9. The monoisotopic (exact) mass is 492 g/mol. The minimum absolute atomic E-state index is 0.173. The number of hydrogen-bond acceptors (Lipinski definition) is 3. The molecule has 0 bridgehead atoms. The predicted octanol–water partition coefficient (Wildman–Crippen LogP) is 7.41. The number of aromatic nitrogens is 2. The third kappa shape index (κ3) is 5.19. The Balaban J connectivity index is 1.46. The van der Waals surface area contributed by atoms with E-state index in [1.165, 1.54) is 0 Å². The summed E-state index contributed by atoms with van der Waals surface area (Å²) in [7, 11) is 0. The Morgan fingerprint density at radius 3 is 2.35 bits per heavy atom. The summed E-state index contributed by atoms with van der Waals surface area (Å²) in [4.78, 5) is 25.3. The van der Waals surface area contributed by atoms with E-state index >= 15 is 0 Å². The largest absolute Gasteiger partial charge is 0.324 e. The minimum Gasteiger partial charge on any atom is -0.307 e. The highest BCUT2D eigenvalue weighted by molar-refractivity contribution is 6.10. The zero-order valence-electron chi connectivity index (χ0n) is 21.8. The molecule has 0 aliphatic heterocycles. The van der Waals surface area contributed by atoms with Crippen molar-refractivity contribution >= 4 is 39.7 Å². The van der Waals surface area contributed by atoms with E-state index in [2.05, 4.69) is 31.4 Å². The summed E-state index contributed by atoms with van der Waals surface area (Å²) in [5, 5.41) is 12.8. The van der Waals surface area contributed by atoms with Crippen LogP contribution < -0.4 is 10.6 Å². The summed E-state index contributed by atoms with van der Waals surface area (Å²) in [5.74, 6) is 0.768. The summed E-state index contributed by atoms with van der Waals surface area (Å²) >= 11 is 0. The highest BCUT2D eigenvalue weighted by atomic mass is 16.2. The van der Waals surface area contributed by atoms with Crippen LogP contribution in [0.25, 0.3) is 22.0 Å². The lowest BCUT2D eigenvalue weighted by Crippen LogP contribution is -2.21. The fraction of sp³-hybridized carbons (Fsp3) is 0.258. The van der Waals surface area contributed by atoms with Crippen LogP contribution in [-0.2, 0) is 10.2 Å². The van der Waals surface area contributed by atoms with Gasteiger partial charge in [-0.15, -0.1) is 0 Å². The number of carbonyl (C=O) groups excluding carboxylic acids is 2. The van der Waals surface area contributed by atoms with Crippen molar-refractivity contribution in [3.63, 3.8) is 0 Å². The Bertz CT molecular complexity index is 1520. The minimum atomic E-state index is -0.348. The Morgan fingerprint density at radius 1 is 0.919 bits per heavy atom. The molecule has 188 valence electrons. The van der Waals surface area contributed by atoms with Crippen molar-refractivity contribution in [3.8, 4) is 5.69 Å². The standard InChI is InChI=1S/C31H32N4O2/c1-20-12-14-22(15-13-20)35-29(19-28(34-35)31(2,3)4)33-30(37)32-27-17-16-24(21-8-7-9-23(36)18-21)25-10-5-6-11-26(25)27/h5-6,10-19H,7-9H2,1-4H3,(H2,32,33,37). The number of anilines is 2. The fourth-order valence-electron chi connectivity index (χ4n) is 4.68. The van der Waals surface area contributed by atoms with Gasteiger partial charge in [0.05, 0.1) is 17.1 Å². The van der Waals surface area contributed by atoms with E-state index in [-0.39, 0.29) is 17.2 Å². The van der Waals surface area contributed by atoms with Crippen molar-refractivity contribution in [2.45, 2.75) is 52.4 Å². The average molecular weight is 493 g/mol. The van der Waals surface area contributed by atoms with E-state index in [0.29, 0.717) is 17.9 Å². The van der Waals surface area contributed by atoms with E-state index in [1.807, 2.05) is 73.7 Å². The fourth-order valence-corrected chi connectivity index (χ4v) is 4.68. The molecule has 37 heavy (non-hydrogen) atoms. The number of carbonyl (C=O) groups is 2. The smallest absolute Gasteiger partial charge is 0.307 e. The lowest BCUT2D eigenvalue weighted by molar-refractivity contribution is -0.114. The SMILES string of the molecule is Cc1ccc(-n2nc(C(C)(C)C)cc2NC(=O)Nc2ccc(C3=CC(=O)CCC3)c3ccccc23)cc1. The Labute approximate surface area is 217 Å². The van der Waals surface area contributed by atoms with Gasteiger partial charge in [0.2, 0.25) is 0 Å². The quantitative estimate of drug-likeness (QED) is 0.311. The second-order valence-electron chi connectivity index (χ2n) is 10.7. The van der Waals surface area contributed by atoms with Gasteiger partial charge in [-0.05, 0) is 60.6 Å². The zero-order valence-corrected chi connectivity index (χ0v) is 21.8. The molecule has 4 aromatic rings. The molecule has 2 N–H and O–H groups in total. The number of rotatable bonds is 4. The second kappa shape index (κ2) is 9.69. The number of benzene rings is 3.